The standard InChI is InChI=1S/C10H19NO.C2H6/c1-7-5-8(12)6-9(11-7)10(2,3)4;1-2/h7,9,11H,5-6H2,1-4H3;1-2H3. The van der Waals surface area contributed by atoms with Crippen LogP contribution in [0.15, 0.2) is 0 Å². The molecule has 1 aliphatic heterocycles. The van der Waals surface area contributed by atoms with E-state index in [1.165, 1.54) is 0 Å². The summed E-state index contributed by atoms with van der Waals surface area (Å²) in [6.45, 7) is 12.6. The zero-order chi connectivity index (χ0) is 11.4. The molecule has 0 spiro atoms. The molecule has 0 radical (unpaired) electrons. The highest BCUT2D eigenvalue weighted by Gasteiger charge is 2.31. The number of carbonyl (C=O) groups is 1. The zero-order valence-electron chi connectivity index (χ0n) is 10.5. The number of piperidine rings is 1. The van der Waals surface area contributed by atoms with Crippen molar-refractivity contribution < 1.29 is 4.79 Å². The molecule has 2 heteroatoms. The van der Waals surface area contributed by atoms with E-state index in [1.807, 2.05) is 13.8 Å². The van der Waals surface area contributed by atoms with Gasteiger partial charge < -0.3 is 5.32 Å². The van der Waals surface area contributed by atoms with Gasteiger partial charge in [0.15, 0.2) is 0 Å². The summed E-state index contributed by atoms with van der Waals surface area (Å²) < 4.78 is 0. The Balaban J connectivity index is 0.000000791. The van der Waals surface area contributed by atoms with E-state index in [-0.39, 0.29) is 5.41 Å². The molecule has 2 atom stereocenters. The van der Waals surface area contributed by atoms with Crippen LogP contribution in [0.25, 0.3) is 0 Å². The highest BCUT2D eigenvalue weighted by Crippen LogP contribution is 2.25. The molecule has 0 aliphatic carbocycles. The molecule has 1 heterocycles. The van der Waals surface area contributed by atoms with Gasteiger partial charge >= 0.3 is 0 Å². The number of hydrogen-bond acceptors (Lipinski definition) is 2. The molecular weight excluding hydrogens is 174 g/mol. The third-order valence-electron chi connectivity index (χ3n) is 2.50. The van der Waals surface area contributed by atoms with Crippen molar-refractivity contribution in [2.24, 2.45) is 5.41 Å². The Labute approximate surface area is 88.5 Å². The Hall–Kier alpha value is -0.370. The first kappa shape index (κ1) is 13.6. The van der Waals surface area contributed by atoms with Crippen LogP contribution < -0.4 is 5.32 Å². The molecule has 0 aromatic heterocycles. The molecule has 84 valence electrons. The van der Waals surface area contributed by atoms with Crippen molar-refractivity contribution in [2.75, 3.05) is 0 Å². The van der Waals surface area contributed by atoms with Crippen LogP contribution in [0.2, 0.25) is 0 Å². The van der Waals surface area contributed by atoms with E-state index >= 15 is 0 Å². The molecule has 14 heavy (non-hydrogen) atoms. The van der Waals surface area contributed by atoms with E-state index in [9.17, 15) is 4.79 Å². The first-order valence-corrected chi connectivity index (χ1v) is 5.67. The first-order chi connectivity index (χ1) is 6.39. The number of hydrogen-bond donors (Lipinski definition) is 1. The van der Waals surface area contributed by atoms with Crippen LogP contribution >= 0.6 is 0 Å². The topological polar surface area (TPSA) is 29.1 Å². The molecule has 1 rings (SSSR count). The van der Waals surface area contributed by atoms with Gasteiger partial charge in [0.25, 0.3) is 0 Å². The summed E-state index contributed by atoms with van der Waals surface area (Å²) >= 11 is 0. The van der Waals surface area contributed by atoms with Crippen LogP contribution in [0.5, 0.6) is 0 Å². The van der Waals surface area contributed by atoms with Gasteiger partial charge in [0.2, 0.25) is 0 Å². The second kappa shape index (κ2) is 5.50. The molecule has 1 fully saturated rings. The molecule has 0 saturated carbocycles. The Morgan fingerprint density at radius 2 is 1.71 bits per heavy atom. The normalized spacial score (nSPS) is 28.0. The summed E-state index contributed by atoms with van der Waals surface area (Å²) in [5.41, 5.74) is 0.199. The molecule has 2 unspecified atom stereocenters. The van der Waals surface area contributed by atoms with Gasteiger partial charge in [0.1, 0.15) is 5.78 Å². The van der Waals surface area contributed by atoms with E-state index in [2.05, 4.69) is 33.0 Å². The average Bonchev–Trinajstić information content (AvgIpc) is 2.04. The van der Waals surface area contributed by atoms with E-state index < -0.39 is 0 Å². The molecule has 0 aromatic rings. The lowest BCUT2D eigenvalue weighted by molar-refractivity contribution is -0.122. The third-order valence-corrected chi connectivity index (χ3v) is 2.50. The second-order valence-corrected chi connectivity index (χ2v) is 4.93. The fourth-order valence-electron chi connectivity index (χ4n) is 1.67. The Morgan fingerprint density at radius 1 is 1.21 bits per heavy atom. The number of carbonyl (C=O) groups excluding carboxylic acids is 1. The van der Waals surface area contributed by atoms with Crippen LogP contribution in [-0.2, 0) is 4.79 Å². The van der Waals surface area contributed by atoms with Crippen molar-refractivity contribution in [3.8, 4) is 0 Å². The van der Waals surface area contributed by atoms with Crippen LogP contribution in [-0.4, -0.2) is 17.9 Å². The fraction of sp³-hybridized carbons (Fsp3) is 0.917. The molecule has 0 aromatic carbocycles. The summed E-state index contributed by atoms with van der Waals surface area (Å²) in [6, 6.07) is 0.712. The highest BCUT2D eigenvalue weighted by atomic mass is 16.1. The predicted molar refractivity (Wildman–Crippen MR) is 61.4 cm³/mol. The zero-order valence-corrected chi connectivity index (χ0v) is 10.5. The first-order valence-electron chi connectivity index (χ1n) is 5.67. The molecule has 2 nitrogen and oxygen atoms in total. The van der Waals surface area contributed by atoms with E-state index in [0.29, 0.717) is 30.7 Å². The minimum absolute atomic E-state index is 0.199. The number of rotatable bonds is 0. The van der Waals surface area contributed by atoms with Gasteiger partial charge in [-0.3, -0.25) is 4.79 Å². The monoisotopic (exact) mass is 199 g/mol. The maximum atomic E-state index is 11.3. The minimum atomic E-state index is 0.199. The van der Waals surface area contributed by atoms with Crippen molar-refractivity contribution in [3.05, 3.63) is 0 Å². The van der Waals surface area contributed by atoms with E-state index in [1.54, 1.807) is 0 Å². The average molecular weight is 199 g/mol. The Kier molecular flexibility index (Phi) is 5.35. The summed E-state index contributed by atoms with van der Waals surface area (Å²) in [7, 11) is 0. The number of ketones is 1. The number of Topliss-reactive ketones (excluding diaryl/α,β-unsaturated/α-hetero) is 1. The van der Waals surface area contributed by atoms with Gasteiger partial charge in [-0.25, -0.2) is 0 Å². The molecule has 0 bridgehead atoms. The molecular formula is C12H25NO. The molecule has 1 N–H and O–H groups in total. The van der Waals surface area contributed by atoms with Gasteiger partial charge in [0, 0.05) is 24.9 Å². The summed E-state index contributed by atoms with van der Waals surface area (Å²) in [5.74, 6) is 0.404. The quantitative estimate of drug-likeness (QED) is 0.650. The lowest BCUT2D eigenvalue weighted by atomic mass is 9.80. The lowest BCUT2D eigenvalue weighted by Gasteiger charge is -2.37. The van der Waals surface area contributed by atoms with Gasteiger partial charge in [-0.2, -0.15) is 0 Å². The van der Waals surface area contributed by atoms with Crippen molar-refractivity contribution in [2.45, 2.75) is 66.5 Å². The smallest absolute Gasteiger partial charge is 0.136 e. The van der Waals surface area contributed by atoms with Gasteiger partial charge in [-0.15, -0.1) is 0 Å². The van der Waals surface area contributed by atoms with E-state index in [0.717, 1.165) is 0 Å². The van der Waals surface area contributed by atoms with Gasteiger partial charge in [-0.05, 0) is 12.3 Å². The second-order valence-electron chi connectivity index (χ2n) is 4.93. The highest BCUT2D eigenvalue weighted by molar-refractivity contribution is 5.80. The van der Waals surface area contributed by atoms with Gasteiger partial charge in [0.05, 0.1) is 0 Å². The van der Waals surface area contributed by atoms with Crippen LogP contribution in [0.1, 0.15) is 54.4 Å². The third kappa shape index (κ3) is 4.23. The molecule has 1 aliphatic rings. The maximum absolute atomic E-state index is 11.3. The Morgan fingerprint density at radius 3 is 2.07 bits per heavy atom. The summed E-state index contributed by atoms with van der Waals surface area (Å²) in [5, 5.41) is 3.47. The van der Waals surface area contributed by atoms with Crippen molar-refractivity contribution in [3.63, 3.8) is 0 Å². The van der Waals surface area contributed by atoms with Crippen LogP contribution in [0, 0.1) is 5.41 Å². The predicted octanol–water partition coefficient (Wildman–Crippen LogP) is 2.77. The van der Waals surface area contributed by atoms with Crippen LogP contribution in [0.3, 0.4) is 0 Å². The minimum Gasteiger partial charge on any atom is -0.310 e. The van der Waals surface area contributed by atoms with Crippen LogP contribution in [0.4, 0.5) is 0 Å². The molecule has 0 amide bonds. The SMILES string of the molecule is CC.CC1CC(=O)CC(C(C)(C)C)N1. The largest absolute Gasteiger partial charge is 0.310 e. The van der Waals surface area contributed by atoms with Gasteiger partial charge in [-0.1, -0.05) is 34.6 Å². The van der Waals surface area contributed by atoms with Crippen molar-refractivity contribution >= 4 is 5.78 Å². The van der Waals surface area contributed by atoms with Crippen molar-refractivity contribution in [1.82, 2.24) is 5.32 Å². The lowest BCUT2D eigenvalue weighted by Crippen LogP contribution is -2.50. The summed E-state index contributed by atoms with van der Waals surface area (Å²) in [6.07, 6.45) is 1.40. The fourth-order valence-corrected chi connectivity index (χ4v) is 1.67. The number of nitrogens with one attached hydrogen (secondary N) is 1. The summed E-state index contributed by atoms with van der Waals surface area (Å²) in [4.78, 5) is 11.3. The van der Waals surface area contributed by atoms with Crippen molar-refractivity contribution in [1.29, 1.82) is 0 Å². The maximum Gasteiger partial charge on any atom is 0.136 e. The molecule has 1 saturated heterocycles. The Bertz CT molecular complexity index is 181. The van der Waals surface area contributed by atoms with E-state index in [4.69, 9.17) is 0 Å².